The largest absolute Gasteiger partial charge is 0.394 e. The van der Waals surface area contributed by atoms with E-state index >= 15 is 0 Å². The number of hydrogen-bond donors (Lipinski definition) is 2. The second-order valence-electron chi connectivity index (χ2n) is 3.81. The summed E-state index contributed by atoms with van der Waals surface area (Å²) in [6.45, 7) is 1.58. The molecular weight excluding hydrogens is 250 g/mol. The Morgan fingerprint density at radius 2 is 2.17 bits per heavy atom. The highest BCUT2D eigenvalue weighted by molar-refractivity contribution is 7.08. The fourth-order valence-electron chi connectivity index (χ4n) is 1.58. The lowest BCUT2D eigenvalue weighted by Gasteiger charge is -2.16. The fourth-order valence-corrected chi connectivity index (χ4v) is 2.14. The molecule has 1 heterocycles. The van der Waals surface area contributed by atoms with Crippen LogP contribution in [-0.2, 0) is 0 Å². The van der Waals surface area contributed by atoms with Gasteiger partial charge in [-0.15, -0.1) is 5.10 Å². The number of aromatic nitrogens is 2. The van der Waals surface area contributed by atoms with Gasteiger partial charge in [0.05, 0.1) is 18.3 Å². The minimum atomic E-state index is -0.416. The Morgan fingerprint density at radius 1 is 1.44 bits per heavy atom. The molecule has 1 unspecified atom stereocenters. The van der Waals surface area contributed by atoms with Gasteiger partial charge in [-0.2, -0.15) is 0 Å². The molecule has 18 heavy (non-hydrogen) atoms. The van der Waals surface area contributed by atoms with Crippen LogP contribution in [0.25, 0.3) is 0 Å². The first-order valence-corrected chi connectivity index (χ1v) is 6.25. The topological polar surface area (TPSA) is 75.1 Å². The number of aliphatic hydroxyl groups is 1. The summed E-state index contributed by atoms with van der Waals surface area (Å²) in [6, 6.07) is 8.92. The van der Waals surface area contributed by atoms with Crippen LogP contribution in [0.5, 0.6) is 0 Å². The van der Waals surface area contributed by atoms with Crippen molar-refractivity contribution in [3.05, 3.63) is 46.5 Å². The zero-order valence-electron chi connectivity index (χ0n) is 9.83. The molecule has 0 saturated carbocycles. The molecule has 2 aromatic rings. The molecule has 1 aromatic carbocycles. The molecule has 2 rings (SSSR count). The lowest BCUT2D eigenvalue weighted by Crippen LogP contribution is -2.30. The Labute approximate surface area is 109 Å². The normalized spacial score (nSPS) is 12.1. The monoisotopic (exact) mass is 263 g/mol. The summed E-state index contributed by atoms with van der Waals surface area (Å²) in [7, 11) is 0. The van der Waals surface area contributed by atoms with Gasteiger partial charge in [-0.25, -0.2) is 0 Å². The number of carbonyl (C=O) groups is 1. The fraction of sp³-hybridized carbons (Fsp3) is 0.250. The van der Waals surface area contributed by atoms with Crippen molar-refractivity contribution in [2.45, 2.75) is 13.0 Å². The summed E-state index contributed by atoms with van der Waals surface area (Å²) in [4.78, 5) is 12.5. The van der Waals surface area contributed by atoms with Gasteiger partial charge in [-0.1, -0.05) is 34.8 Å². The van der Waals surface area contributed by atoms with Crippen LogP contribution in [0.2, 0.25) is 0 Å². The van der Waals surface area contributed by atoms with Crippen molar-refractivity contribution < 1.29 is 9.90 Å². The number of nitrogens with one attached hydrogen (secondary N) is 1. The number of carbonyl (C=O) groups excluding carboxylic acids is 1. The number of benzene rings is 1. The standard InChI is InChI=1S/C12H13N3O2S/c1-8-11(18-15-14-8)12(17)13-10(7-16)9-5-3-2-4-6-9/h2-6,10,16H,7H2,1H3,(H,13,17). The summed E-state index contributed by atoms with van der Waals surface area (Å²) >= 11 is 1.05. The molecular formula is C12H13N3O2S. The Hall–Kier alpha value is -1.79. The van der Waals surface area contributed by atoms with Crippen molar-refractivity contribution in [2.24, 2.45) is 0 Å². The molecule has 0 aliphatic carbocycles. The van der Waals surface area contributed by atoms with Gasteiger partial charge in [0.2, 0.25) is 0 Å². The Balaban J connectivity index is 2.13. The van der Waals surface area contributed by atoms with Gasteiger partial charge in [0.25, 0.3) is 5.91 Å². The van der Waals surface area contributed by atoms with Crippen LogP contribution in [0.4, 0.5) is 0 Å². The summed E-state index contributed by atoms with van der Waals surface area (Å²) in [5, 5.41) is 15.9. The smallest absolute Gasteiger partial charge is 0.265 e. The summed E-state index contributed by atoms with van der Waals surface area (Å²) in [5.41, 5.74) is 1.46. The molecule has 6 heteroatoms. The van der Waals surface area contributed by atoms with E-state index < -0.39 is 6.04 Å². The molecule has 2 N–H and O–H groups in total. The van der Waals surface area contributed by atoms with Crippen LogP contribution in [0.1, 0.15) is 27.0 Å². The molecule has 1 aromatic heterocycles. The van der Waals surface area contributed by atoms with Gasteiger partial charge < -0.3 is 10.4 Å². The molecule has 1 atom stereocenters. The van der Waals surface area contributed by atoms with E-state index in [-0.39, 0.29) is 12.5 Å². The zero-order chi connectivity index (χ0) is 13.0. The molecule has 0 spiro atoms. The number of aryl methyl sites for hydroxylation is 1. The average Bonchev–Trinajstić information content (AvgIpc) is 2.83. The summed E-state index contributed by atoms with van der Waals surface area (Å²) in [6.07, 6.45) is 0. The molecule has 0 aliphatic rings. The van der Waals surface area contributed by atoms with E-state index in [1.165, 1.54) is 0 Å². The Morgan fingerprint density at radius 3 is 2.72 bits per heavy atom. The predicted octanol–water partition coefficient (Wildman–Crippen LogP) is 1.31. The molecule has 0 bridgehead atoms. The first-order valence-electron chi connectivity index (χ1n) is 5.48. The highest BCUT2D eigenvalue weighted by atomic mass is 32.1. The number of hydrogen-bond acceptors (Lipinski definition) is 5. The van der Waals surface area contributed by atoms with Crippen molar-refractivity contribution in [1.82, 2.24) is 14.9 Å². The van der Waals surface area contributed by atoms with E-state index in [4.69, 9.17) is 0 Å². The van der Waals surface area contributed by atoms with E-state index in [1.807, 2.05) is 30.3 Å². The summed E-state index contributed by atoms with van der Waals surface area (Å²) in [5.74, 6) is -0.259. The second-order valence-corrected chi connectivity index (χ2v) is 4.56. The van der Waals surface area contributed by atoms with E-state index in [2.05, 4.69) is 14.9 Å². The Bertz CT molecular complexity index is 527. The van der Waals surface area contributed by atoms with Crippen molar-refractivity contribution in [1.29, 1.82) is 0 Å². The van der Waals surface area contributed by atoms with Gasteiger partial charge >= 0.3 is 0 Å². The molecule has 94 valence electrons. The van der Waals surface area contributed by atoms with Crippen molar-refractivity contribution >= 4 is 17.4 Å². The average molecular weight is 263 g/mol. The van der Waals surface area contributed by atoms with Gasteiger partial charge in [-0.3, -0.25) is 4.79 Å². The highest BCUT2D eigenvalue weighted by Gasteiger charge is 2.18. The SMILES string of the molecule is Cc1nnsc1C(=O)NC(CO)c1ccccc1. The van der Waals surface area contributed by atoms with Crippen LogP contribution in [-0.4, -0.2) is 27.2 Å². The molecule has 1 amide bonds. The number of rotatable bonds is 4. The number of amides is 1. The molecule has 0 saturated heterocycles. The van der Waals surface area contributed by atoms with E-state index in [0.717, 1.165) is 17.1 Å². The van der Waals surface area contributed by atoms with E-state index in [1.54, 1.807) is 6.92 Å². The maximum atomic E-state index is 12.0. The highest BCUT2D eigenvalue weighted by Crippen LogP contribution is 2.15. The van der Waals surface area contributed by atoms with Crippen LogP contribution >= 0.6 is 11.5 Å². The molecule has 0 aliphatic heterocycles. The van der Waals surface area contributed by atoms with E-state index in [9.17, 15) is 9.90 Å². The van der Waals surface area contributed by atoms with Crippen LogP contribution in [0.15, 0.2) is 30.3 Å². The molecule has 0 fully saturated rings. The minimum Gasteiger partial charge on any atom is -0.394 e. The van der Waals surface area contributed by atoms with Crippen LogP contribution in [0.3, 0.4) is 0 Å². The minimum absolute atomic E-state index is 0.152. The third kappa shape index (κ3) is 2.72. The Kier molecular flexibility index (Phi) is 4.01. The van der Waals surface area contributed by atoms with Gasteiger partial charge in [-0.05, 0) is 24.0 Å². The van der Waals surface area contributed by atoms with Crippen LogP contribution < -0.4 is 5.32 Å². The third-order valence-corrected chi connectivity index (χ3v) is 3.37. The maximum Gasteiger partial charge on any atom is 0.265 e. The van der Waals surface area contributed by atoms with Gasteiger partial charge in [0.1, 0.15) is 4.88 Å². The number of aliphatic hydroxyl groups excluding tert-OH is 1. The van der Waals surface area contributed by atoms with Crippen LogP contribution in [0, 0.1) is 6.92 Å². The first-order chi connectivity index (χ1) is 8.72. The molecule has 0 radical (unpaired) electrons. The summed E-state index contributed by atoms with van der Waals surface area (Å²) < 4.78 is 3.72. The van der Waals surface area contributed by atoms with Crippen molar-refractivity contribution in [2.75, 3.05) is 6.61 Å². The number of nitrogens with zero attached hydrogens (tertiary/aromatic N) is 2. The quantitative estimate of drug-likeness (QED) is 0.872. The first kappa shape index (κ1) is 12.7. The predicted molar refractivity (Wildman–Crippen MR) is 68.4 cm³/mol. The molecule has 5 nitrogen and oxygen atoms in total. The zero-order valence-corrected chi connectivity index (χ0v) is 10.6. The van der Waals surface area contributed by atoms with Gasteiger partial charge in [0.15, 0.2) is 0 Å². The lowest BCUT2D eigenvalue weighted by molar-refractivity contribution is 0.0919. The van der Waals surface area contributed by atoms with E-state index in [0.29, 0.717) is 10.6 Å². The van der Waals surface area contributed by atoms with Crippen molar-refractivity contribution in [3.8, 4) is 0 Å². The third-order valence-electron chi connectivity index (χ3n) is 2.55. The van der Waals surface area contributed by atoms with Gasteiger partial charge in [0, 0.05) is 0 Å². The maximum absolute atomic E-state index is 12.0. The van der Waals surface area contributed by atoms with Crippen molar-refractivity contribution in [3.63, 3.8) is 0 Å². The second kappa shape index (κ2) is 5.70. The lowest BCUT2D eigenvalue weighted by atomic mass is 10.1.